The molecule has 22 heavy (non-hydrogen) atoms. The Morgan fingerprint density at radius 3 is 1.86 bits per heavy atom. The predicted molar refractivity (Wildman–Crippen MR) is 101 cm³/mol. The molecule has 0 unspecified atom stereocenters. The van der Waals surface area contributed by atoms with Crippen LogP contribution in [0.4, 0.5) is 0 Å². The summed E-state index contributed by atoms with van der Waals surface area (Å²) >= 11 is 0. The van der Waals surface area contributed by atoms with Crippen molar-refractivity contribution >= 4 is 0 Å². The topological polar surface area (TPSA) is 42.3 Å². The van der Waals surface area contributed by atoms with Crippen LogP contribution in [0.3, 0.4) is 0 Å². The monoisotopic (exact) mass is 385 g/mol. The zero-order chi connectivity index (χ0) is 15.5. The van der Waals surface area contributed by atoms with Gasteiger partial charge >= 0.3 is 26.2 Å². The number of nitrogens with zero attached hydrogens (tertiary/aromatic N) is 3. The van der Waals surface area contributed by atoms with Gasteiger partial charge < -0.3 is 23.4 Å². The second-order valence-corrected chi connectivity index (χ2v) is 4.44. The van der Waals surface area contributed by atoms with E-state index in [0.717, 1.165) is 26.2 Å². The Morgan fingerprint density at radius 1 is 0.955 bits per heavy atom. The van der Waals surface area contributed by atoms with Gasteiger partial charge in [-0.1, -0.05) is 57.4 Å². The SMILES string of the molecule is CC[N-]C.CC[N-]C.CC[N-]CCCCC1=CC=CC1.[CH3-].[Zr+4]. The Balaban J connectivity index is -0.000000138. The molecule has 0 amide bonds. The van der Waals surface area contributed by atoms with Gasteiger partial charge in [0.25, 0.3) is 0 Å². The molecule has 0 aromatic rings. The Bertz CT molecular complexity index is 220. The number of rotatable bonds is 8. The minimum Gasteiger partial charge on any atom is -0.665 e. The minimum atomic E-state index is 0. The summed E-state index contributed by atoms with van der Waals surface area (Å²) in [6, 6.07) is 0. The second-order valence-electron chi connectivity index (χ2n) is 4.44. The van der Waals surface area contributed by atoms with Crippen LogP contribution in [-0.4, -0.2) is 40.3 Å². The zero-order valence-corrected chi connectivity index (χ0v) is 18.2. The van der Waals surface area contributed by atoms with E-state index < -0.39 is 0 Å². The minimum absolute atomic E-state index is 0. The third-order valence-corrected chi connectivity index (χ3v) is 2.77. The van der Waals surface area contributed by atoms with Crippen LogP contribution in [0, 0.1) is 7.43 Å². The maximum atomic E-state index is 4.30. The molecular weight excluding hydrogens is 349 g/mol. The van der Waals surface area contributed by atoms with Crippen LogP contribution in [0.5, 0.6) is 0 Å². The molecule has 0 bridgehead atoms. The van der Waals surface area contributed by atoms with Gasteiger partial charge in [-0.25, -0.2) is 0 Å². The van der Waals surface area contributed by atoms with Crippen molar-refractivity contribution in [1.82, 2.24) is 0 Å². The summed E-state index contributed by atoms with van der Waals surface area (Å²) < 4.78 is 0. The fourth-order valence-corrected chi connectivity index (χ4v) is 1.41. The molecule has 0 aromatic carbocycles. The van der Waals surface area contributed by atoms with Crippen molar-refractivity contribution in [3.05, 3.63) is 47.2 Å². The van der Waals surface area contributed by atoms with Gasteiger partial charge in [0.15, 0.2) is 0 Å². The Morgan fingerprint density at radius 2 is 1.50 bits per heavy atom. The maximum Gasteiger partial charge on any atom is 4.00 e. The molecule has 1 aliphatic carbocycles. The molecule has 0 aliphatic heterocycles. The summed E-state index contributed by atoms with van der Waals surface area (Å²) in [5.41, 5.74) is 1.59. The fourth-order valence-electron chi connectivity index (χ4n) is 1.41. The summed E-state index contributed by atoms with van der Waals surface area (Å²) in [5, 5.41) is 11.8. The largest absolute Gasteiger partial charge is 4.00 e. The third-order valence-electron chi connectivity index (χ3n) is 2.77. The van der Waals surface area contributed by atoms with Crippen LogP contribution in [0.2, 0.25) is 0 Å². The molecule has 0 saturated carbocycles. The summed E-state index contributed by atoms with van der Waals surface area (Å²) in [4.78, 5) is 0. The van der Waals surface area contributed by atoms with Crippen molar-refractivity contribution in [2.75, 3.05) is 40.3 Å². The van der Waals surface area contributed by atoms with E-state index in [9.17, 15) is 0 Å². The van der Waals surface area contributed by atoms with Crippen molar-refractivity contribution in [2.45, 2.75) is 46.5 Å². The molecule has 0 aromatic heterocycles. The molecule has 3 nitrogen and oxygen atoms in total. The first-order valence-corrected chi connectivity index (χ1v) is 7.85. The van der Waals surface area contributed by atoms with Crippen LogP contribution in [0.1, 0.15) is 46.5 Å². The van der Waals surface area contributed by atoms with Crippen LogP contribution < -0.4 is 0 Å². The first-order valence-electron chi connectivity index (χ1n) is 7.85. The van der Waals surface area contributed by atoms with Gasteiger partial charge in [-0.15, -0.1) is 6.54 Å². The van der Waals surface area contributed by atoms with E-state index in [4.69, 9.17) is 0 Å². The molecule has 1 aliphatic rings. The van der Waals surface area contributed by atoms with Gasteiger partial charge in [-0.05, 0) is 12.8 Å². The van der Waals surface area contributed by atoms with Crippen LogP contribution >= 0.6 is 0 Å². The summed E-state index contributed by atoms with van der Waals surface area (Å²) in [7, 11) is 3.61. The molecule has 128 valence electrons. The van der Waals surface area contributed by atoms with E-state index in [1.165, 1.54) is 25.7 Å². The summed E-state index contributed by atoms with van der Waals surface area (Å²) in [6.45, 7) is 10.0. The number of unbranched alkanes of at least 4 members (excludes halogenated alkanes) is 1. The Labute approximate surface area is 159 Å². The molecule has 0 radical (unpaired) electrons. The summed E-state index contributed by atoms with van der Waals surface area (Å²) in [5.74, 6) is 0. The molecule has 0 N–H and O–H groups in total. The van der Waals surface area contributed by atoms with Crippen molar-refractivity contribution in [2.24, 2.45) is 0 Å². The van der Waals surface area contributed by atoms with E-state index in [-0.39, 0.29) is 33.6 Å². The third kappa shape index (κ3) is 28.4. The van der Waals surface area contributed by atoms with Crippen molar-refractivity contribution in [1.29, 1.82) is 0 Å². The average Bonchev–Trinajstić information content (AvgIpc) is 3.01. The molecular formula is C18H37N3Zr. The normalized spacial score (nSPS) is 11.0. The number of hydrogen-bond donors (Lipinski definition) is 0. The van der Waals surface area contributed by atoms with Crippen molar-refractivity contribution in [3.63, 3.8) is 0 Å². The van der Waals surface area contributed by atoms with E-state index >= 15 is 0 Å². The van der Waals surface area contributed by atoms with Gasteiger partial charge in [0.1, 0.15) is 0 Å². The van der Waals surface area contributed by atoms with Gasteiger partial charge in [-0.2, -0.15) is 33.7 Å². The Kier molecular flexibility index (Phi) is 40.1. The van der Waals surface area contributed by atoms with Gasteiger partial charge in [0.05, 0.1) is 0 Å². The van der Waals surface area contributed by atoms with Crippen molar-refractivity contribution < 1.29 is 26.2 Å². The van der Waals surface area contributed by atoms with E-state index in [2.05, 4.69) is 41.1 Å². The summed E-state index contributed by atoms with van der Waals surface area (Å²) in [6.07, 6.45) is 11.6. The Hall–Kier alpha value is 0.243. The van der Waals surface area contributed by atoms with Crippen molar-refractivity contribution in [3.8, 4) is 0 Å². The fraction of sp³-hybridized carbons (Fsp3) is 0.722. The smallest absolute Gasteiger partial charge is 0.665 e. The van der Waals surface area contributed by atoms with E-state index in [1.54, 1.807) is 19.7 Å². The quantitative estimate of drug-likeness (QED) is 0.368. The van der Waals surface area contributed by atoms with Crippen LogP contribution in [0.25, 0.3) is 16.0 Å². The first-order chi connectivity index (χ1) is 9.76. The first kappa shape index (κ1) is 30.2. The van der Waals surface area contributed by atoms with E-state index in [0.29, 0.717) is 0 Å². The molecule has 1 rings (SSSR count). The molecule has 0 heterocycles. The van der Waals surface area contributed by atoms with Gasteiger partial charge in [0.2, 0.25) is 0 Å². The number of hydrogen-bond acceptors (Lipinski definition) is 0. The molecule has 0 spiro atoms. The molecule has 4 heteroatoms. The molecule has 0 saturated heterocycles. The number of allylic oxidation sites excluding steroid dienone is 4. The van der Waals surface area contributed by atoms with Gasteiger partial charge in [-0.3, -0.25) is 0 Å². The van der Waals surface area contributed by atoms with Crippen LogP contribution in [0.15, 0.2) is 23.8 Å². The molecule has 0 atom stereocenters. The maximum absolute atomic E-state index is 4.30. The second kappa shape index (κ2) is 29.3. The van der Waals surface area contributed by atoms with E-state index in [1.807, 2.05) is 13.8 Å². The van der Waals surface area contributed by atoms with Crippen LogP contribution in [-0.2, 0) is 26.2 Å². The average molecular weight is 387 g/mol. The van der Waals surface area contributed by atoms with Gasteiger partial charge in [0, 0.05) is 0 Å². The molecule has 0 fully saturated rings. The predicted octanol–water partition coefficient (Wildman–Crippen LogP) is 5.90. The standard InChI is InChI=1S/C11H18N.2C3H8N.CH3.Zr/c1-2-12-10-6-5-9-11-7-3-4-8-11;2*1-3-4-2;;/h3-4,7H,2,5-6,8-10H2,1H3;2*3H2,1-2H3;1H3;/q4*-1;+4. The zero-order valence-electron chi connectivity index (χ0n) is 15.7.